The molecule has 0 saturated heterocycles. The topological polar surface area (TPSA) is 159 Å². The van der Waals surface area contributed by atoms with Gasteiger partial charge < -0.3 is 31.1 Å². The van der Waals surface area contributed by atoms with E-state index in [1.807, 2.05) is 46.1 Å². The van der Waals surface area contributed by atoms with Crippen molar-refractivity contribution in [2.45, 2.75) is 129 Å². The van der Waals surface area contributed by atoms with Crippen LogP contribution in [0.1, 0.15) is 98.0 Å². The molecule has 5 N–H and O–H groups in total. The number of nitrogens with zero attached hydrogens (tertiary/aromatic N) is 1. The van der Waals surface area contributed by atoms with Crippen molar-refractivity contribution in [1.29, 1.82) is 0 Å². The smallest absolute Gasteiger partial charge is 0.408 e. The summed E-state index contributed by atoms with van der Waals surface area (Å²) in [5, 5.41) is 22.7. The zero-order chi connectivity index (χ0) is 37.5. The Morgan fingerprint density at radius 3 is 2.26 bits per heavy atom. The molecule has 1 aromatic heterocycles. The molecule has 0 spiro atoms. The first-order valence-electron chi connectivity index (χ1n) is 18.0. The number of amides is 4. The molecular formula is C38H63N5O6S. The SMILES string of the molecule is C=CCCCC(NC(=O)[C@H](CC)NC(=O)[C@H](C)CC[C@H](O)C[C@H](CC(C)C)NC(=O)[C@H](CCSC)NC(=O)OCc1cccnc1)C(C)C=C. The fourth-order valence-corrected chi connectivity index (χ4v) is 5.96. The summed E-state index contributed by atoms with van der Waals surface area (Å²) in [4.78, 5) is 56.2. The number of aromatic nitrogens is 1. The predicted molar refractivity (Wildman–Crippen MR) is 202 cm³/mol. The van der Waals surface area contributed by atoms with Crippen molar-refractivity contribution >= 4 is 35.6 Å². The van der Waals surface area contributed by atoms with Crippen molar-refractivity contribution in [1.82, 2.24) is 26.3 Å². The van der Waals surface area contributed by atoms with Crippen LogP contribution in [0.4, 0.5) is 4.79 Å². The molecule has 1 rings (SSSR count). The van der Waals surface area contributed by atoms with Crippen molar-refractivity contribution in [2.24, 2.45) is 17.8 Å². The Balaban J connectivity index is 2.74. The molecule has 0 radical (unpaired) electrons. The second-order valence-electron chi connectivity index (χ2n) is 13.5. The summed E-state index contributed by atoms with van der Waals surface area (Å²) < 4.78 is 5.31. The predicted octanol–water partition coefficient (Wildman–Crippen LogP) is 5.69. The standard InChI is InChI=1S/C38H63N5O6S/c1-9-12-13-16-33(27(6)10-2)42-36(46)32(11-3)41-35(45)28(7)17-18-31(44)23-30(22-26(4)5)40-37(47)34(19-21-50-8)43-38(48)49-25-29-15-14-20-39-24-29/h9-10,14-15,20,24,26-28,30-34,44H,1-2,11-13,16-19,21-23,25H2,3-8H3,(H,40,47)(H,41,45)(H,42,46)(H,43,48)/t27?,28-,30+,31+,32+,33?,34+/m1/s1. The van der Waals surface area contributed by atoms with Crippen LogP contribution < -0.4 is 21.3 Å². The first kappa shape index (κ1) is 44.6. The summed E-state index contributed by atoms with van der Waals surface area (Å²) in [6.07, 6.45) is 12.5. The van der Waals surface area contributed by atoms with E-state index in [4.69, 9.17) is 4.74 Å². The van der Waals surface area contributed by atoms with Gasteiger partial charge in [-0.15, -0.1) is 13.2 Å². The molecule has 0 aliphatic carbocycles. The van der Waals surface area contributed by atoms with Crippen LogP contribution in [0.25, 0.3) is 0 Å². The maximum atomic E-state index is 13.4. The lowest BCUT2D eigenvalue weighted by atomic mass is 9.94. The molecule has 0 bridgehead atoms. The van der Waals surface area contributed by atoms with Crippen LogP contribution in [0, 0.1) is 17.8 Å². The van der Waals surface area contributed by atoms with E-state index in [-0.39, 0.29) is 48.2 Å². The van der Waals surface area contributed by atoms with E-state index in [1.165, 1.54) is 0 Å². The van der Waals surface area contributed by atoms with Crippen LogP contribution in [-0.2, 0) is 25.7 Å². The second kappa shape index (κ2) is 25.6. The van der Waals surface area contributed by atoms with Crippen LogP contribution in [0.5, 0.6) is 0 Å². The number of nitrogens with one attached hydrogen (secondary N) is 4. The number of unbranched alkanes of at least 4 members (excludes halogenated alkanes) is 1. The van der Waals surface area contributed by atoms with Gasteiger partial charge in [-0.3, -0.25) is 19.4 Å². The first-order chi connectivity index (χ1) is 23.8. The molecule has 4 amide bonds. The van der Waals surface area contributed by atoms with Gasteiger partial charge in [0.15, 0.2) is 0 Å². The van der Waals surface area contributed by atoms with Crippen molar-refractivity contribution in [3.8, 4) is 0 Å². The molecule has 1 heterocycles. The molecule has 2 unspecified atom stereocenters. The van der Waals surface area contributed by atoms with Gasteiger partial charge in [-0.25, -0.2) is 4.79 Å². The van der Waals surface area contributed by atoms with E-state index in [9.17, 15) is 24.3 Å². The molecule has 0 aliphatic rings. The zero-order valence-electron chi connectivity index (χ0n) is 31.1. The highest BCUT2D eigenvalue weighted by atomic mass is 32.2. The van der Waals surface area contributed by atoms with Gasteiger partial charge in [0.05, 0.1) is 6.10 Å². The van der Waals surface area contributed by atoms with E-state index in [0.717, 1.165) is 24.8 Å². The molecule has 1 aromatic rings. The molecule has 0 saturated carbocycles. The lowest BCUT2D eigenvalue weighted by Crippen LogP contribution is -2.51. The summed E-state index contributed by atoms with van der Waals surface area (Å²) in [5.74, 6) is -0.251. The maximum Gasteiger partial charge on any atom is 0.408 e. The third-order valence-electron chi connectivity index (χ3n) is 8.65. The number of hydrogen-bond acceptors (Lipinski definition) is 8. The lowest BCUT2D eigenvalue weighted by molar-refractivity contribution is -0.131. The molecule has 11 nitrogen and oxygen atoms in total. The molecular weight excluding hydrogens is 655 g/mol. The van der Waals surface area contributed by atoms with Gasteiger partial charge in [0.25, 0.3) is 0 Å². The van der Waals surface area contributed by atoms with Gasteiger partial charge >= 0.3 is 6.09 Å². The average Bonchev–Trinajstić information content (AvgIpc) is 3.09. The lowest BCUT2D eigenvalue weighted by Gasteiger charge is -2.27. The van der Waals surface area contributed by atoms with E-state index < -0.39 is 30.2 Å². The number of carbonyl (C=O) groups is 4. The van der Waals surface area contributed by atoms with Crippen molar-refractivity contribution in [3.63, 3.8) is 0 Å². The van der Waals surface area contributed by atoms with E-state index in [2.05, 4.69) is 39.4 Å². The van der Waals surface area contributed by atoms with E-state index >= 15 is 0 Å². The highest BCUT2D eigenvalue weighted by molar-refractivity contribution is 7.98. The molecule has 12 heteroatoms. The maximum absolute atomic E-state index is 13.4. The minimum absolute atomic E-state index is 0.0351. The van der Waals surface area contributed by atoms with E-state index in [0.29, 0.717) is 44.3 Å². The van der Waals surface area contributed by atoms with E-state index in [1.54, 1.807) is 43.2 Å². The Hall–Kier alpha value is -3.38. The number of allylic oxidation sites excluding steroid dienone is 1. The Bertz CT molecular complexity index is 1170. The van der Waals surface area contributed by atoms with Crippen LogP contribution in [0.2, 0.25) is 0 Å². The zero-order valence-corrected chi connectivity index (χ0v) is 31.9. The molecule has 0 aliphatic heterocycles. The summed E-state index contributed by atoms with van der Waals surface area (Å²) in [6, 6.07) is 1.66. The summed E-state index contributed by atoms with van der Waals surface area (Å²) >= 11 is 1.57. The second-order valence-corrected chi connectivity index (χ2v) is 14.5. The van der Waals surface area contributed by atoms with Gasteiger partial charge in [-0.05, 0) is 87.7 Å². The Morgan fingerprint density at radius 2 is 1.66 bits per heavy atom. The van der Waals surface area contributed by atoms with Crippen molar-refractivity contribution < 1.29 is 29.0 Å². The number of pyridine rings is 1. The summed E-state index contributed by atoms with van der Waals surface area (Å²) in [5.41, 5.74) is 0.735. The quantitative estimate of drug-likeness (QED) is 0.0605. The van der Waals surface area contributed by atoms with Gasteiger partial charge in [-0.1, -0.05) is 52.8 Å². The monoisotopic (exact) mass is 717 g/mol. The normalized spacial score (nSPS) is 15.4. The van der Waals surface area contributed by atoms with Crippen LogP contribution >= 0.6 is 11.8 Å². The summed E-state index contributed by atoms with van der Waals surface area (Å²) in [6.45, 7) is 17.4. The van der Waals surface area contributed by atoms with Gasteiger partial charge in [0.1, 0.15) is 18.7 Å². The number of aliphatic hydroxyl groups is 1. The van der Waals surface area contributed by atoms with Gasteiger partial charge in [-0.2, -0.15) is 11.8 Å². The molecule has 282 valence electrons. The first-order valence-corrected chi connectivity index (χ1v) is 19.4. The third kappa shape index (κ3) is 18.6. The number of hydrogen-bond donors (Lipinski definition) is 5. The number of aliphatic hydroxyl groups excluding tert-OH is 1. The van der Waals surface area contributed by atoms with Crippen LogP contribution in [0.15, 0.2) is 49.8 Å². The number of ether oxygens (including phenoxy) is 1. The Labute approximate surface area is 304 Å². The number of rotatable bonds is 26. The van der Waals surface area contributed by atoms with Crippen LogP contribution in [0.3, 0.4) is 0 Å². The largest absolute Gasteiger partial charge is 0.445 e. The van der Waals surface area contributed by atoms with Crippen molar-refractivity contribution in [2.75, 3.05) is 12.0 Å². The number of alkyl carbamates (subject to hydrolysis) is 1. The van der Waals surface area contributed by atoms with Gasteiger partial charge in [0, 0.05) is 36.0 Å². The van der Waals surface area contributed by atoms with Crippen LogP contribution in [-0.4, -0.2) is 76.2 Å². The molecule has 7 atom stereocenters. The minimum atomic E-state index is -0.800. The third-order valence-corrected chi connectivity index (χ3v) is 9.29. The minimum Gasteiger partial charge on any atom is -0.445 e. The fourth-order valence-electron chi connectivity index (χ4n) is 5.49. The molecule has 0 aromatic carbocycles. The fraction of sp³-hybridized carbons (Fsp3) is 0.658. The highest BCUT2D eigenvalue weighted by Gasteiger charge is 2.28. The van der Waals surface area contributed by atoms with Gasteiger partial charge in [0.2, 0.25) is 17.7 Å². The number of thioether (sulfide) groups is 1. The Morgan fingerprint density at radius 1 is 0.940 bits per heavy atom. The molecule has 50 heavy (non-hydrogen) atoms. The molecule has 0 fully saturated rings. The average molecular weight is 718 g/mol. The Kier molecular flexibility index (Phi) is 22.8. The highest BCUT2D eigenvalue weighted by Crippen LogP contribution is 2.18. The van der Waals surface area contributed by atoms with Crippen molar-refractivity contribution in [3.05, 3.63) is 55.4 Å². The summed E-state index contributed by atoms with van der Waals surface area (Å²) in [7, 11) is 0. The number of carbonyl (C=O) groups excluding carboxylic acids is 4.